The fraction of sp³-hybridized carbons (Fsp3) is 0.619. The van der Waals surface area contributed by atoms with Gasteiger partial charge in [0, 0.05) is 13.1 Å². The molecule has 0 aromatic heterocycles. The summed E-state index contributed by atoms with van der Waals surface area (Å²) in [6.07, 6.45) is 7.44. The summed E-state index contributed by atoms with van der Waals surface area (Å²) in [5.41, 5.74) is 1.67. The van der Waals surface area contributed by atoms with Gasteiger partial charge in [-0.15, -0.1) is 0 Å². The second-order valence-electron chi connectivity index (χ2n) is 8.90. The van der Waals surface area contributed by atoms with Gasteiger partial charge in [-0.25, -0.2) is 4.79 Å². The lowest BCUT2D eigenvalue weighted by Gasteiger charge is -2.56. The van der Waals surface area contributed by atoms with Crippen molar-refractivity contribution in [3.05, 3.63) is 34.3 Å². The minimum absolute atomic E-state index is 0.121. The van der Waals surface area contributed by atoms with E-state index in [1.165, 1.54) is 38.5 Å². The Morgan fingerprint density at radius 1 is 1.07 bits per heavy atom. The SMILES string of the molecule is O=C(O)NCCc1ccc(Cl)c(C(=O)NCC23CC4CC(CC(C4)C2)C3)c1. The Balaban J connectivity index is 1.39. The molecule has 146 valence electrons. The summed E-state index contributed by atoms with van der Waals surface area (Å²) < 4.78 is 0. The first kappa shape index (κ1) is 18.6. The molecule has 1 aromatic rings. The van der Waals surface area contributed by atoms with Crippen molar-refractivity contribution in [2.24, 2.45) is 23.2 Å². The molecule has 4 saturated carbocycles. The van der Waals surface area contributed by atoms with Gasteiger partial charge in [0.2, 0.25) is 0 Å². The lowest BCUT2D eigenvalue weighted by Crippen LogP contribution is -2.51. The van der Waals surface area contributed by atoms with Crippen LogP contribution in [0, 0.1) is 23.2 Å². The standard InChI is InChI=1S/C21H27ClN2O3/c22-18-2-1-13(3-4-23-20(26)27)8-17(18)19(25)24-12-21-9-14-5-15(10-21)7-16(6-14)11-21/h1-2,8,14-16,23H,3-7,9-12H2,(H,24,25)(H,26,27). The molecule has 0 heterocycles. The molecule has 5 rings (SSSR count). The molecule has 6 heteroatoms. The van der Waals surface area contributed by atoms with Gasteiger partial charge < -0.3 is 15.7 Å². The van der Waals surface area contributed by atoms with E-state index in [9.17, 15) is 9.59 Å². The summed E-state index contributed by atoms with van der Waals surface area (Å²) in [5, 5.41) is 14.6. The minimum atomic E-state index is -1.04. The van der Waals surface area contributed by atoms with Gasteiger partial charge in [-0.05, 0) is 85.8 Å². The highest BCUT2D eigenvalue weighted by Crippen LogP contribution is 2.59. The third kappa shape index (κ3) is 4.08. The van der Waals surface area contributed by atoms with Gasteiger partial charge in [0.25, 0.3) is 5.91 Å². The summed E-state index contributed by atoms with van der Waals surface area (Å²) in [7, 11) is 0. The van der Waals surface area contributed by atoms with Crippen molar-refractivity contribution in [3.8, 4) is 0 Å². The molecule has 4 bridgehead atoms. The monoisotopic (exact) mass is 390 g/mol. The number of rotatable bonds is 6. The van der Waals surface area contributed by atoms with E-state index in [4.69, 9.17) is 16.7 Å². The van der Waals surface area contributed by atoms with E-state index in [1.807, 2.05) is 6.07 Å². The number of hydrogen-bond acceptors (Lipinski definition) is 2. The molecule has 4 fully saturated rings. The van der Waals surface area contributed by atoms with Crippen LogP contribution in [0.5, 0.6) is 0 Å². The Kier molecular flexibility index (Phi) is 5.06. The Morgan fingerprint density at radius 2 is 1.70 bits per heavy atom. The van der Waals surface area contributed by atoms with Crippen molar-refractivity contribution in [2.75, 3.05) is 13.1 Å². The first-order chi connectivity index (χ1) is 12.9. The van der Waals surface area contributed by atoms with E-state index in [2.05, 4.69) is 10.6 Å². The molecule has 1 aromatic carbocycles. The molecular formula is C21H27ClN2O3. The maximum absolute atomic E-state index is 12.8. The predicted octanol–water partition coefficient (Wildman–Crippen LogP) is 4.10. The van der Waals surface area contributed by atoms with Gasteiger partial charge in [-0.3, -0.25) is 4.79 Å². The summed E-state index contributed by atoms with van der Waals surface area (Å²) >= 11 is 6.26. The van der Waals surface area contributed by atoms with E-state index in [0.717, 1.165) is 29.9 Å². The molecule has 0 saturated heterocycles. The molecule has 0 atom stereocenters. The Labute approximate surface area is 164 Å². The third-order valence-corrected chi connectivity index (χ3v) is 7.08. The number of hydrogen-bond donors (Lipinski definition) is 3. The second kappa shape index (κ2) is 7.34. The smallest absolute Gasteiger partial charge is 0.404 e. The number of carbonyl (C=O) groups excluding carboxylic acids is 1. The van der Waals surface area contributed by atoms with E-state index >= 15 is 0 Å². The van der Waals surface area contributed by atoms with E-state index in [1.54, 1.807) is 12.1 Å². The fourth-order valence-electron chi connectivity index (χ4n) is 6.09. The quantitative estimate of drug-likeness (QED) is 0.684. The van der Waals surface area contributed by atoms with Gasteiger partial charge in [-0.2, -0.15) is 0 Å². The number of benzene rings is 1. The van der Waals surface area contributed by atoms with Crippen molar-refractivity contribution in [1.82, 2.24) is 10.6 Å². The van der Waals surface area contributed by atoms with Gasteiger partial charge in [-0.1, -0.05) is 17.7 Å². The number of carboxylic acid groups (broad SMARTS) is 1. The molecule has 4 aliphatic carbocycles. The molecule has 0 radical (unpaired) electrons. The predicted molar refractivity (Wildman–Crippen MR) is 104 cm³/mol. The molecule has 0 spiro atoms. The zero-order chi connectivity index (χ0) is 19.0. The molecule has 2 amide bonds. The topological polar surface area (TPSA) is 78.4 Å². The van der Waals surface area contributed by atoms with Crippen LogP contribution in [-0.2, 0) is 6.42 Å². The number of halogens is 1. The molecule has 5 nitrogen and oxygen atoms in total. The van der Waals surface area contributed by atoms with Gasteiger partial charge >= 0.3 is 6.09 Å². The maximum Gasteiger partial charge on any atom is 0.404 e. The minimum Gasteiger partial charge on any atom is -0.465 e. The van der Waals surface area contributed by atoms with Gasteiger partial charge in [0.05, 0.1) is 10.6 Å². The highest BCUT2D eigenvalue weighted by Gasteiger charge is 2.50. The highest BCUT2D eigenvalue weighted by molar-refractivity contribution is 6.33. The number of carbonyl (C=O) groups is 2. The summed E-state index contributed by atoms with van der Waals surface area (Å²) in [6, 6.07) is 5.33. The average Bonchev–Trinajstić information content (AvgIpc) is 2.60. The average molecular weight is 391 g/mol. The lowest BCUT2D eigenvalue weighted by molar-refractivity contribution is -0.0503. The first-order valence-corrected chi connectivity index (χ1v) is 10.3. The van der Waals surface area contributed by atoms with Gasteiger partial charge in [0.15, 0.2) is 0 Å². The molecule has 3 N–H and O–H groups in total. The van der Waals surface area contributed by atoms with E-state index in [0.29, 0.717) is 29.0 Å². The molecule has 0 aliphatic heterocycles. The van der Waals surface area contributed by atoms with Crippen LogP contribution < -0.4 is 10.6 Å². The van der Waals surface area contributed by atoms with Crippen molar-refractivity contribution in [1.29, 1.82) is 0 Å². The normalized spacial score (nSPS) is 30.9. The van der Waals surface area contributed by atoms with E-state index < -0.39 is 6.09 Å². The molecule has 0 unspecified atom stereocenters. The van der Waals surface area contributed by atoms with Crippen LogP contribution in [0.1, 0.15) is 54.4 Å². The first-order valence-electron chi connectivity index (χ1n) is 9.96. The highest BCUT2D eigenvalue weighted by atomic mass is 35.5. The van der Waals surface area contributed by atoms with Crippen LogP contribution in [0.25, 0.3) is 0 Å². The Bertz CT molecular complexity index is 714. The Morgan fingerprint density at radius 3 is 2.30 bits per heavy atom. The van der Waals surface area contributed by atoms with Crippen LogP contribution in [0.2, 0.25) is 5.02 Å². The maximum atomic E-state index is 12.8. The summed E-state index contributed by atoms with van der Waals surface area (Å²) in [4.78, 5) is 23.4. The summed E-state index contributed by atoms with van der Waals surface area (Å²) in [5.74, 6) is 2.47. The Hall–Kier alpha value is -1.75. The van der Waals surface area contributed by atoms with Crippen molar-refractivity contribution in [3.63, 3.8) is 0 Å². The molecule has 27 heavy (non-hydrogen) atoms. The third-order valence-electron chi connectivity index (χ3n) is 6.75. The van der Waals surface area contributed by atoms with Crippen molar-refractivity contribution < 1.29 is 14.7 Å². The largest absolute Gasteiger partial charge is 0.465 e. The van der Waals surface area contributed by atoms with Crippen LogP contribution in [-0.4, -0.2) is 30.2 Å². The van der Waals surface area contributed by atoms with E-state index in [-0.39, 0.29) is 5.91 Å². The second-order valence-corrected chi connectivity index (χ2v) is 9.30. The van der Waals surface area contributed by atoms with Crippen molar-refractivity contribution in [2.45, 2.75) is 44.9 Å². The zero-order valence-corrected chi connectivity index (χ0v) is 16.2. The zero-order valence-electron chi connectivity index (χ0n) is 15.5. The van der Waals surface area contributed by atoms with Crippen LogP contribution in [0.15, 0.2) is 18.2 Å². The van der Waals surface area contributed by atoms with Crippen LogP contribution in [0.3, 0.4) is 0 Å². The summed E-state index contributed by atoms with van der Waals surface area (Å²) in [6.45, 7) is 1.06. The van der Waals surface area contributed by atoms with Crippen LogP contribution in [0.4, 0.5) is 4.79 Å². The van der Waals surface area contributed by atoms with Crippen LogP contribution >= 0.6 is 11.6 Å². The lowest BCUT2D eigenvalue weighted by atomic mass is 9.49. The van der Waals surface area contributed by atoms with Crippen molar-refractivity contribution >= 4 is 23.6 Å². The molecule has 4 aliphatic rings. The fourth-order valence-corrected chi connectivity index (χ4v) is 6.29. The number of amides is 2. The molecular weight excluding hydrogens is 364 g/mol. The number of nitrogens with one attached hydrogen (secondary N) is 2. The van der Waals surface area contributed by atoms with Gasteiger partial charge in [0.1, 0.15) is 0 Å².